The lowest BCUT2D eigenvalue weighted by atomic mass is 10.2. The highest BCUT2D eigenvalue weighted by Gasteiger charge is 2.11. The summed E-state index contributed by atoms with van der Waals surface area (Å²) in [5.41, 5.74) is 1.05. The summed E-state index contributed by atoms with van der Waals surface area (Å²) in [6, 6.07) is 6.47. The Morgan fingerprint density at radius 2 is 2.00 bits per heavy atom. The van der Waals surface area contributed by atoms with Crippen molar-refractivity contribution in [1.82, 2.24) is 20.2 Å². The molecule has 84 valence electrons. The fourth-order valence-corrected chi connectivity index (χ4v) is 2.16. The van der Waals surface area contributed by atoms with Crippen molar-refractivity contribution in [2.75, 3.05) is 0 Å². The molecule has 0 unspecified atom stereocenters. The Balaban J connectivity index is 2.11. The Morgan fingerprint density at radius 1 is 1.31 bits per heavy atom. The van der Waals surface area contributed by atoms with Crippen LogP contribution < -0.4 is 0 Å². The summed E-state index contributed by atoms with van der Waals surface area (Å²) in [6.45, 7) is 2.03. The molecule has 1 heterocycles. The third kappa shape index (κ3) is 2.38. The highest BCUT2D eigenvalue weighted by Crippen LogP contribution is 2.32. The molecule has 0 fully saturated rings. The predicted octanol–water partition coefficient (Wildman–Crippen LogP) is 2.20. The number of hydrogen-bond acceptors (Lipinski definition) is 4. The number of benzene rings is 1. The van der Waals surface area contributed by atoms with Crippen LogP contribution in [0.15, 0.2) is 29.4 Å². The van der Waals surface area contributed by atoms with Gasteiger partial charge in [0.2, 0.25) is 5.16 Å². The molecule has 0 aliphatic heterocycles. The van der Waals surface area contributed by atoms with Crippen molar-refractivity contribution < 1.29 is 4.39 Å². The van der Waals surface area contributed by atoms with Gasteiger partial charge in [0.15, 0.2) is 0 Å². The van der Waals surface area contributed by atoms with Crippen LogP contribution in [0.25, 0.3) is 0 Å². The molecular formula is C10H11FN4S. The summed E-state index contributed by atoms with van der Waals surface area (Å²) in [6.07, 6.45) is 0. The summed E-state index contributed by atoms with van der Waals surface area (Å²) >= 11 is 1.54. The van der Waals surface area contributed by atoms with Gasteiger partial charge < -0.3 is 0 Å². The van der Waals surface area contributed by atoms with E-state index in [0.29, 0.717) is 0 Å². The van der Waals surface area contributed by atoms with E-state index in [9.17, 15) is 4.39 Å². The molecule has 16 heavy (non-hydrogen) atoms. The number of aromatic nitrogens is 4. The van der Waals surface area contributed by atoms with Gasteiger partial charge in [-0.2, -0.15) is 0 Å². The fraction of sp³-hybridized carbons (Fsp3) is 0.300. The van der Waals surface area contributed by atoms with Gasteiger partial charge in [0.05, 0.1) is 0 Å². The highest BCUT2D eigenvalue weighted by molar-refractivity contribution is 7.99. The quantitative estimate of drug-likeness (QED) is 0.769. The number of aryl methyl sites for hydroxylation is 1. The van der Waals surface area contributed by atoms with E-state index < -0.39 is 0 Å². The molecule has 0 N–H and O–H groups in total. The van der Waals surface area contributed by atoms with Crippen LogP contribution in [-0.4, -0.2) is 20.2 Å². The van der Waals surface area contributed by atoms with Crippen LogP contribution in [0.1, 0.15) is 17.7 Å². The molecule has 0 saturated heterocycles. The van der Waals surface area contributed by atoms with Crippen molar-refractivity contribution in [3.8, 4) is 0 Å². The fourth-order valence-electron chi connectivity index (χ4n) is 1.28. The molecule has 6 heteroatoms. The molecule has 0 amide bonds. The SMILES string of the molecule is C[C@@H](Sc1nnnn1C)c1ccc(F)cc1. The second-order valence-electron chi connectivity index (χ2n) is 3.40. The van der Waals surface area contributed by atoms with Gasteiger partial charge in [0.1, 0.15) is 5.82 Å². The zero-order chi connectivity index (χ0) is 11.5. The summed E-state index contributed by atoms with van der Waals surface area (Å²) in [5, 5.41) is 12.1. The molecule has 1 atom stereocenters. The number of halogens is 1. The largest absolute Gasteiger partial charge is 0.224 e. The number of rotatable bonds is 3. The Bertz CT molecular complexity index is 468. The number of hydrogen-bond donors (Lipinski definition) is 0. The summed E-state index contributed by atoms with van der Waals surface area (Å²) < 4.78 is 14.4. The normalized spacial score (nSPS) is 12.7. The topological polar surface area (TPSA) is 43.6 Å². The van der Waals surface area contributed by atoms with Crippen LogP contribution in [0.2, 0.25) is 0 Å². The first kappa shape index (κ1) is 11.1. The zero-order valence-corrected chi connectivity index (χ0v) is 9.78. The number of nitrogens with zero attached hydrogens (tertiary/aromatic N) is 4. The molecule has 0 saturated carbocycles. The second kappa shape index (κ2) is 4.61. The van der Waals surface area contributed by atoms with Crippen molar-refractivity contribution in [3.63, 3.8) is 0 Å². The maximum atomic E-state index is 12.7. The van der Waals surface area contributed by atoms with Crippen LogP contribution in [0.3, 0.4) is 0 Å². The van der Waals surface area contributed by atoms with E-state index >= 15 is 0 Å². The molecule has 0 aliphatic rings. The van der Waals surface area contributed by atoms with E-state index in [1.807, 2.05) is 6.92 Å². The Morgan fingerprint density at radius 3 is 2.56 bits per heavy atom. The Kier molecular flexibility index (Phi) is 3.19. The van der Waals surface area contributed by atoms with Gasteiger partial charge in [0, 0.05) is 12.3 Å². The van der Waals surface area contributed by atoms with Gasteiger partial charge >= 0.3 is 0 Å². The van der Waals surface area contributed by atoms with Gasteiger partial charge in [-0.1, -0.05) is 23.9 Å². The molecule has 1 aromatic heterocycles. The van der Waals surface area contributed by atoms with Crippen LogP contribution in [0.5, 0.6) is 0 Å². The van der Waals surface area contributed by atoms with Crippen molar-refractivity contribution >= 4 is 11.8 Å². The molecular weight excluding hydrogens is 227 g/mol. The lowest BCUT2D eigenvalue weighted by Gasteiger charge is -2.09. The molecule has 0 spiro atoms. The van der Waals surface area contributed by atoms with Gasteiger partial charge in [-0.3, -0.25) is 0 Å². The summed E-state index contributed by atoms with van der Waals surface area (Å²) in [5.74, 6) is -0.221. The summed E-state index contributed by atoms with van der Waals surface area (Å²) in [7, 11) is 1.79. The predicted molar refractivity (Wildman–Crippen MR) is 59.5 cm³/mol. The number of thioether (sulfide) groups is 1. The average molecular weight is 238 g/mol. The Hall–Kier alpha value is -1.43. The van der Waals surface area contributed by atoms with E-state index in [1.54, 1.807) is 35.6 Å². The van der Waals surface area contributed by atoms with Crippen molar-refractivity contribution in [2.24, 2.45) is 7.05 Å². The zero-order valence-electron chi connectivity index (χ0n) is 8.96. The van der Waals surface area contributed by atoms with Crippen molar-refractivity contribution in [3.05, 3.63) is 35.6 Å². The van der Waals surface area contributed by atoms with Crippen molar-refractivity contribution in [1.29, 1.82) is 0 Å². The van der Waals surface area contributed by atoms with E-state index in [0.717, 1.165) is 10.7 Å². The molecule has 1 aromatic carbocycles. The minimum atomic E-state index is -0.221. The van der Waals surface area contributed by atoms with Crippen LogP contribution >= 0.6 is 11.8 Å². The molecule has 2 rings (SSSR count). The van der Waals surface area contributed by atoms with Gasteiger partial charge in [-0.25, -0.2) is 9.07 Å². The van der Waals surface area contributed by atoms with E-state index in [4.69, 9.17) is 0 Å². The first-order chi connectivity index (χ1) is 7.66. The maximum absolute atomic E-state index is 12.7. The maximum Gasteiger partial charge on any atom is 0.209 e. The monoisotopic (exact) mass is 238 g/mol. The lowest BCUT2D eigenvalue weighted by Crippen LogP contribution is -1.96. The van der Waals surface area contributed by atoms with E-state index in [2.05, 4.69) is 15.5 Å². The molecule has 0 bridgehead atoms. The third-order valence-electron chi connectivity index (χ3n) is 2.20. The van der Waals surface area contributed by atoms with Crippen LogP contribution in [0, 0.1) is 5.82 Å². The minimum absolute atomic E-state index is 0.185. The molecule has 2 aromatic rings. The molecule has 0 aliphatic carbocycles. The van der Waals surface area contributed by atoms with E-state index in [-0.39, 0.29) is 11.1 Å². The molecule has 4 nitrogen and oxygen atoms in total. The summed E-state index contributed by atoms with van der Waals surface area (Å²) in [4.78, 5) is 0. The van der Waals surface area contributed by atoms with Gasteiger partial charge in [-0.15, -0.1) is 5.10 Å². The van der Waals surface area contributed by atoms with Gasteiger partial charge in [-0.05, 0) is 35.0 Å². The van der Waals surface area contributed by atoms with Crippen LogP contribution in [-0.2, 0) is 7.05 Å². The first-order valence-electron chi connectivity index (χ1n) is 4.81. The molecule has 0 radical (unpaired) electrons. The lowest BCUT2D eigenvalue weighted by molar-refractivity contribution is 0.627. The van der Waals surface area contributed by atoms with Crippen LogP contribution in [0.4, 0.5) is 4.39 Å². The minimum Gasteiger partial charge on any atom is -0.224 e. The average Bonchev–Trinajstić information content (AvgIpc) is 2.65. The number of tetrazole rings is 1. The van der Waals surface area contributed by atoms with Crippen molar-refractivity contribution in [2.45, 2.75) is 17.3 Å². The highest BCUT2D eigenvalue weighted by atomic mass is 32.2. The van der Waals surface area contributed by atoms with Gasteiger partial charge in [0.25, 0.3) is 0 Å². The Labute approximate surface area is 96.9 Å². The smallest absolute Gasteiger partial charge is 0.209 e. The van der Waals surface area contributed by atoms with E-state index in [1.165, 1.54) is 12.1 Å². The second-order valence-corrected chi connectivity index (χ2v) is 4.70. The first-order valence-corrected chi connectivity index (χ1v) is 5.69. The standard InChI is InChI=1S/C10H11FN4S/c1-7(8-3-5-9(11)6-4-8)16-10-12-13-14-15(10)2/h3-7H,1-2H3/t7-/m1/s1. The third-order valence-corrected chi connectivity index (χ3v) is 3.39.